The molecule has 1 unspecified atom stereocenters. The fourth-order valence-corrected chi connectivity index (χ4v) is 3.42. The third-order valence-corrected chi connectivity index (χ3v) is 5.21. The lowest BCUT2D eigenvalue weighted by atomic mass is 10.0. The van der Waals surface area contributed by atoms with Gasteiger partial charge in [-0.05, 0) is 56.6 Å². The summed E-state index contributed by atoms with van der Waals surface area (Å²) < 4.78 is 5.60. The number of hydrogen-bond acceptors (Lipinski definition) is 2. The normalized spacial score (nSPS) is 13.5. The van der Waals surface area contributed by atoms with Crippen LogP contribution < -0.4 is 5.30 Å². The number of allylic oxidation sites excluding steroid dienone is 4. The van der Waals surface area contributed by atoms with Crippen molar-refractivity contribution in [2.45, 2.75) is 47.5 Å². The van der Waals surface area contributed by atoms with Gasteiger partial charge in [0.25, 0.3) is 0 Å². The third kappa shape index (κ3) is 4.78. The van der Waals surface area contributed by atoms with Crippen LogP contribution in [0.2, 0.25) is 0 Å². The number of ether oxygens (including phenoxy) is 1. The topological polar surface area (TPSA) is 9.23 Å². The summed E-state index contributed by atoms with van der Waals surface area (Å²) in [4.78, 5) is 2.82. The predicted octanol–water partition coefficient (Wildman–Crippen LogP) is 4.77. The Labute approximate surface area is 124 Å². The average Bonchev–Trinajstić information content (AvgIpc) is 2.69. The van der Waals surface area contributed by atoms with E-state index in [0.717, 1.165) is 25.2 Å². The number of hydrogen-bond donors (Lipinski definition) is 0. The Bertz CT molecular complexity index is 463. The van der Waals surface area contributed by atoms with Gasteiger partial charge in [0.2, 0.25) is 0 Å². The van der Waals surface area contributed by atoms with E-state index >= 15 is 0 Å². The van der Waals surface area contributed by atoms with Gasteiger partial charge in [0, 0.05) is 16.2 Å². The minimum atomic E-state index is 0.737. The van der Waals surface area contributed by atoms with Gasteiger partial charge in [-0.15, -0.1) is 20.6 Å². The van der Waals surface area contributed by atoms with E-state index in [0.29, 0.717) is 0 Å². The van der Waals surface area contributed by atoms with Crippen molar-refractivity contribution in [3.8, 4) is 0 Å². The van der Waals surface area contributed by atoms with Gasteiger partial charge in [0.15, 0.2) is 0 Å². The molecule has 0 saturated carbocycles. The van der Waals surface area contributed by atoms with Crippen LogP contribution in [0.25, 0.3) is 0 Å². The summed E-state index contributed by atoms with van der Waals surface area (Å²) in [5, 5.41) is 1.32. The zero-order valence-corrected chi connectivity index (χ0v) is 14.6. The summed E-state index contributed by atoms with van der Waals surface area (Å²) in [6, 6.07) is 2.27. The zero-order chi connectivity index (χ0) is 14.4. The summed E-state index contributed by atoms with van der Waals surface area (Å²) in [5.74, 6) is 1.05. The predicted molar refractivity (Wildman–Crippen MR) is 90.5 cm³/mol. The molecule has 1 rings (SSSR count). The molecular formula is C16H25OPS. The van der Waals surface area contributed by atoms with Crippen LogP contribution in [0.3, 0.4) is 0 Å². The van der Waals surface area contributed by atoms with Gasteiger partial charge >= 0.3 is 0 Å². The second-order valence-corrected chi connectivity index (χ2v) is 6.59. The first-order chi connectivity index (χ1) is 8.99. The maximum absolute atomic E-state index is 5.60. The molecule has 1 atom stereocenters. The van der Waals surface area contributed by atoms with E-state index < -0.39 is 0 Å². The van der Waals surface area contributed by atoms with E-state index in [1.807, 2.05) is 18.3 Å². The summed E-state index contributed by atoms with van der Waals surface area (Å²) >= 11 is 1.88. The van der Waals surface area contributed by atoms with Gasteiger partial charge in [-0.3, -0.25) is 0 Å². The molecule has 1 nitrogen and oxygen atoms in total. The largest absolute Gasteiger partial charge is 0.498 e. The molecule has 0 N–H and O–H groups in total. The third-order valence-electron chi connectivity index (χ3n) is 3.31. The molecule has 0 aliphatic carbocycles. The quantitative estimate of drug-likeness (QED) is 0.417. The van der Waals surface area contributed by atoms with E-state index in [-0.39, 0.29) is 0 Å². The van der Waals surface area contributed by atoms with Crippen molar-refractivity contribution in [3.63, 3.8) is 0 Å². The van der Waals surface area contributed by atoms with Crippen molar-refractivity contribution < 1.29 is 4.74 Å². The molecule has 0 spiro atoms. The highest BCUT2D eigenvalue weighted by atomic mass is 32.1. The van der Waals surface area contributed by atoms with Crippen LogP contribution in [0.15, 0.2) is 29.0 Å². The second kappa shape index (κ2) is 7.87. The molecule has 1 aromatic heterocycles. The average molecular weight is 296 g/mol. The summed E-state index contributed by atoms with van der Waals surface area (Å²) in [6.45, 7) is 11.3. The Kier molecular flexibility index (Phi) is 6.82. The minimum Gasteiger partial charge on any atom is -0.498 e. The maximum atomic E-state index is 5.60. The molecule has 0 fully saturated rings. The van der Waals surface area contributed by atoms with Crippen LogP contribution in [0, 0.1) is 6.92 Å². The molecule has 0 aliphatic heterocycles. The molecule has 0 aliphatic rings. The van der Waals surface area contributed by atoms with Crippen molar-refractivity contribution in [2.24, 2.45) is 0 Å². The molecule has 0 amide bonds. The lowest BCUT2D eigenvalue weighted by Gasteiger charge is -2.11. The Balaban J connectivity index is 2.85. The van der Waals surface area contributed by atoms with Crippen LogP contribution in [0.5, 0.6) is 0 Å². The highest BCUT2D eigenvalue weighted by molar-refractivity contribution is 7.30. The van der Waals surface area contributed by atoms with Gasteiger partial charge in [-0.1, -0.05) is 13.0 Å². The van der Waals surface area contributed by atoms with Crippen molar-refractivity contribution >= 4 is 25.9 Å². The van der Waals surface area contributed by atoms with Crippen molar-refractivity contribution in [1.82, 2.24) is 0 Å². The molecule has 1 heterocycles. The monoisotopic (exact) mass is 296 g/mol. The Morgan fingerprint density at radius 1 is 1.37 bits per heavy atom. The molecule has 0 aromatic carbocycles. The molecule has 0 bridgehead atoms. The minimum absolute atomic E-state index is 0.737. The lowest BCUT2D eigenvalue weighted by Crippen LogP contribution is -1.95. The first-order valence-electron chi connectivity index (χ1n) is 6.84. The fourth-order valence-electron chi connectivity index (χ4n) is 2.00. The van der Waals surface area contributed by atoms with Gasteiger partial charge in [0.05, 0.1) is 12.4 Å². The van der Waals surface area contributed by atoms with Gasteiger partial charge < -0.3 is 4.74 Å². The fraction of sp³-hybridized carbons (Fsp3) is 0.500. The summed E-state index contributed by atoms with van der Waals surface area (Å²) in [6.07, 6.45) is 4.40. The van der Waals surface area contributed by atoms with Crippen LogP contribution in [0.4, 0.5) is 0 Å². The SMILES string of the molecule is CCOC(C)=C(C)C(=CCc1cc(P)c(C)s1)CC. The second-order valence-electron chi connectivity index (χ2n) is 4.63. The molecule has 19 heavy (non-hydrogen) atoms. The van der Waals surface area contributed by atoms with Crippen LogP contribution in [-0.4, -0.2) is 6.61 Å². The van der Waals surface area contributed by atoms with E-state index in [2.05, 4.69) is 49.1 Å². The molecule has 0 radical (unpaired) electrons. The van der Waals surface area contributed by atoms with Gasteiger partial charge in [-0.2, -0.15) is 0 Å². The molecule has 106 valence electrons. The number of thiophene rings is 1. The zero-order valence-electron chi connectivity index (χ0n) is 12.7. The highest BCUT2D eigenvalue weighted by Gasteiger charge is 2.05. The summed E-state index contributed by atoms with van der Waals surface area (Å²) in [7, 11) is 2.80. The summed E-state index contributed by atoms with van der Waals surface area (Å²) in [5.41, 5.74) is 2.67. The van der Waals surface area contributed by atoms with E-state index in [4.69, 9.17) is 4.74 Å². The van der Waals surface area contributed by atoms with E-state index in [9.17, 15) is 0 Å². The Morgan fingerprint density at radius 3 is 2.53 bits per heavy atom. The Hall–Kier alpha value is -0.590. The van der Waals surface area contributed by atoms with Crippen LogP contribution in [-0.2, 0) is 11.2 Å². The number of rotatable bonds is 6. The van der Waals surface area contributed by atoms with E-state index in [1.165, 1.54) is 26.2 Å². The highest BCUT2D eigenvalue weighted by Crippen LogP contribution is 2.21. The van der Waals surface area contributed by atoms with Gasteiger partial charge in [0.1, 0.15) is 0 Å². The molecule has 1 aromatic rings. The lowest BCUT2D eigenvalue weighted by molar-refractivity contribution is 0.228. The van der Waals surface area contributed by atoms with Crippen LogP contribution >= 0.6 is 20.6 Å². The van der Waals surface area contributed by atoms with E-state index in [1.54, 1.807) is 0 Å². The first kappa shape index (κ1) is 16.5. The molecule has 0 saturated heterocycles. The smallest absolute Gasteiger partial charge is 0.0960 e. The number of aryl methyl sites for hydroxylation is 1. The first-order valence-corrected chi connectivity index (χ1v) is 8.23. The van der Waals surface area contributed by atoms with Crippen LogP contribution in [0.1, 0.15) is 43.9 Å². The standard InChI is InChI=1S/C16H25OPS/c1-6-14(11(3)12(4)17-7-2)8-9-15-10-16(18)13(5)19-15/h8,10H,6-7,9,18H2,1-5H3. The van der Waals surface area contributed by atoms with Crippen molar-refractivity contribution in [2.75, 3.05) is 6.61 Å². The van der Waals surface area contributed by atoms with Crippen molar-refractivity contribution in [1.29, 1.82) is 0 Å². The maximum Gasteiger partial charge on any atom is 0.0960 e. The van der Waals surface area contributed by atoms with Crippen molar-refractivity contribution in [3.05, 3.63) is 38.8 Å². The molecular weight excluding hydrogens is 271 g/mol. The molecule has 3 heteroatoms. The Morgan fingerprint density at radius 2 is 2.05 bits per heavy atom. The van der Waals surface area contributed by atoms with Gasteiger partial charge in [-0.25, -0.2) is 0 Å².